The van der Waals surface area contributed by atoms with Crippen LogP contribution >= 0.6 is 0 Å². The van der Waals surface area contributed by atoms with Gasteiger partial charge in [-0.15, -0.1) is 0 Å². The van der Waals surface area contributed by atoms with Crippen LogP contribution in [0.5, 0.6) is 0 Å². The number of rotatable bonds is 4. The summed E-state index contributed by atoms with van der Waals surface area (Å²) in [5.41, 5.74) is 5.84. The third-order valence-corrected chi connectivity index (χ3v) is 3.08. The van der Waals surface area contributed by atoms with Crippen molar-refractivity contribution in [1.82, 2.24) is 4.90 Å². The van der Waals surface area contributed by atoms with Crippen molar-refractivity contribution in [3.05, 3.63) is 0 Å². The Hall–Kier alpha value is -1.14. The predicted molar refractivity (Wildman–Crippen MR) is 65.8 cm³/mol. The van der Waals surface area contributed by atoms with E-state index in [9.17, 15) is 9.59 Å². The van der Waals surface area contributed by atoms with E-state index >= 15 is 0 Å². The molecule has 0 aromatic carbocycles. The van der Waals surface area contributed by atoms with Gasteiger partial charge >= 0.3 is 5.97 Å². The van der Waals surface area contributed by atoms with Crippen LogP contribution in [0.25, 0.3) is 0 Å². The fourth-order valence-electron chi connectivity index (χ4n) is 1.81. The van der Waals surface area contributed by atoms with Crippen molar-refractivity contribution in [1.29, 1.82) is 0 Å². The second kappa shape index (κ2) is 6.70. The minimum atomic E-state index is -0.498. The van der Waals surface area contributed by atoms with Gasteiger partial charge in [0, 0.05) is 13.1 Å². The lowest BCUT2D eigenvalue weighted by atomic mass is 10.0. The first kappa shape index (κ1) is 14.9. The number of amides is 1. The number of nitrogens with zero attached hydrogens (tertiary/aromatic N) is 1. The molecule has 1 aliphatic heterocycles. The summed E-state index contributed by atoms with van der Waals surface area (Å²) in [6, 6.07) is -0.498. The lowest BCUT2D eigenvalue weighted by molar-refractivity contribution is -0.150. The molecule has 1 fully saturated rings. The first-order chi connectivity index (χ1) is 8.45. The second-order valence-corrected chi connectivity index (χ2v) is 4.83. The van der Waals surface area contributed by atoms with Gasteiger partial charge in [0.1, 0.15) is 0 Å². The highest BCUT2D eigenvalue weighted by Gasteiger charge is 2.29. The molecule has 104 valence electrons. The summed E-state index contributed by atoms with van der Waals surface area (Å²) in [6.07, 6.45) is -0.133. The van der Waals surface area contributed by atoms with E-state index in [1.807, 2.05) is 13.8 Å². The molecule has 1 amide bonds. The first-order valence-electron chi connectivity index (χ1n) is 6.18. The van der Waals surface area contributed by atoms with E-state index in [0.29, 0.717) is 19.7 Å². The van der Waals surface area contributed by atoms with Crippen LogP contribution in [0.1, 0.15) is 20.3 Å². The van der Waals surface area contributed by atoms with Crippen LogP contribution in [-0.2, 0) is 19.1 Å². The fraction of sp³-hybridized carbons (Fsp3) is 0.833. The number of methoxy groups -OCH3 is 1. The molecular formula is C12H22N2O4. The number of esters is 1. The first-order valence-corrected chi connectivity index (χ1v) is 6.18. The molecule has 1 aliphatic rings. The summed E-state index contributed by atoms with van der Waals surface area (Å²) < 4.78 is 10.0. The number of carbonyl (C=O) groups is 2. The van der Waals surface area contributed by atoms with Crippen LogP contribution in [0, 0.1) is 5.92 Å². The molecule has 0 aliphatic carbocycles. The largest absolute Gasteiger partial charge is 0.469 e. The highest BCUT2D eigenvalue weighted by Crippen LogP contribution is 2.12. The Labute approximate surface area is 107 Å². The van der Waals surface area contributed by atoms with Gasteiger partial charge < -0.3 is 20.1 Å². The van der Waals surface area contributed by atoms with Gasteiger partial charge in [-0.3, -0.25) is 9.59 Å². The maximum Gasteiger partial charge on any atom is 0.308 e. The van der Waals surface area contributed by atoms with E-state index < -0.39 is 6.04 Å². The molecule has 0 aromatic heterocycles. The van der Waals surface area contributed by atoms with Gasteiger partial charge in [-0.1, -0.05) is 13.8 Å². The Morgan fingerprint density at radius 1 is 1.50 bits per heavy atom. The van der Waals surface area contributed by atoms with E-state index in [0.717, 1.165) is 0 Å². The fourth-order valence-corrected chi connectivity index (χ4v) is 1.81. The zero-order chi connectivity index (χ0) is 13.7. The number of morpholine rings is 1. The zero-order valence-corrected chi connectivity index (χ0v) is 11.2. The molecule has 0 spiro atoms. The number of ether oxygens (including phenoxy) is 2. The van der Waals surface area contributed by atoms with Crippen molar-refractivity contribution in [3.8, 4) is 0 Å². The van der Waals surface area contributed by atoms with Crippen molar-refractivity contribution in [2.75, 3.05) is 26.8 Å². The van der Waals surface area contributed by atoms with E-state index in [1.54, 1.807) is 4.90 Å². The molecule has 0 bridgehead atoms. The van der Waals surface area contributed by atoms with E-state index in [4.69, 9.17) is 10.5 Å². The van der Waals surface area contributed by atoms with Crippen LogP contribution in [0.3, 0.4) is 0 Å². The molecule has 0 radical (unpaired) electrons. The van der Waals surface area contributed by atoms with Crippen LogP contribution < -0.4 is 5.73 Å². The van der Waals surface area contributed by atoms with Gasteiger partial charge in [-0.2, -0.15) is 0 Å². The van der Waals surface area contributed by atoms with Crippen LogP contribution in [-0.4, -0.2) is 55.7 Å². The standard InChI is InChI=1S/C12H22N2O4/c1-8(2)11(13)12(16)14-4-5-18-9(7-14)6-10(15)17-3/h8-9,11H,4-7,13H2,1-3H3/t9?,11-/m0/s1. The second-order valence-electron chi connectivity index (χ2n) is 4.83. The van der Waals surface area contributed by atoms with Gasteiger partial charge in [-0.05, 0) is 5.92 Å². The summed E-state index contributed by atoms with van der Waals surface area (Å²) in [5.74, 6) is -0.315. The SMILES string of the molecule is COC(=O)CC1CN(C(=O)[C@@H](N)C(C)C)CCO1. The van der Waals surface area contributed by atoms with Crippen LogP contribution in [0.4, 0.5) is 0 Å². The normalized spacial score (nSPS) is 21.8. The molecule has 1 heterocycles. The smallest absolute Gasteiger partial charge is 0.308 e. The van der Waals surface area contributed by atoms with E-state index in [-0.39, 0.29) is 30.3 Å². The van der Waals surface area contributed by atoms with Gasteiger partial charge in [0.05, 0.1) is 32.3 Å². The summed E-state index contributed by atoms with van der Waals surface area (Å²) >= 11 is 0. The van der Waals surface area contributed by atoms with Crippen molar-refractivity contribution < 1.29 is 19.1 Å². The molecule has 18 heavy (non-hydrogen) atoms. The molecule has 2 N–H and O–H groups in total. The number of nitrogens with two attached hydrogens (primary N) is 1. The Balaban J connectivity index is 2.53. The molecule has 6 heteroatoms. The number of carbonyl (C=O) groups excluding carboxylic acids is 2. The highest BCUT2D eigenvalue weighted by molar-refractivity contribution is 5.82. The zero-order valence-electron chi connectivity index (χ0n) is 11.2. The Kier molecular flexibility index (Phi) is 5.55. The monoisotopic (exact) mass is 258 g/mol. The molecule has 0 saturated carbocycles. The average Bonchev–Trinajstić information content (AvgIpc) is 2.37. The lowest BCUT2D eigenvalue weighted by Crippen LogP contribution is -2.53. The lowest BCUT2D eigenvalue weighted by Gasteiger charge is -2.34. The number of hydrogen-bond acceptors (Lipinski definition) is 5. The Morgan fingerprint density at radius 2 is 2.17 bits per heavy atom. The van der Waals surface area contributed by atoms with Gasteiger partial charge in [0.15, 0.2) is 0 Å². The van der Waals surface area contributed by atoms with Gasteiger partial charge in [0.2, 0.25) is 5.91 Å². The predicted octanol–water partition coefficient (Wildman–Crippen LogP) is -0.240. The van der Waals surface area contributed by atoms with Crippen LogP contribution in [0.2, 0.25) is 0 Å². The summed E-state index contributed by atoms with van der Waals surface area (Å²) in [5, 5.41) is 0. The van der Waals surface area contributed by atoms with Crippen molar-refractivity contribution >= 4 is 11.9 Å². The molecule has 1 unspecified atom stereocenters. The van der Waals surface area contributed by atoms with Crippen molar-refractivity contribution in [3.63, 3.8) is 0 Å². The summed E-state index contributed by atoms with van der Waals surface area (Å²) in [4.78, 5) is 24.9. The quantitative estimate of drug-likeness (QED) is 0.704. The topological polar surface area (TPSA) is 81.9 Å². The average molecular weight is 258 g/mol. The maximum absolute atomic E-state index is 12.1. The number of hydrogen-bond donors (Lipinski definition) is 1. The highest BCUT2D eigenvalue weighted by atomic mass is 16.5. The minimum absolute atomic E-state index is 0.0804. The van der Waals surface area contributed by atoms with Gasteiger partial charge in [-0.25, -0.2) is 0 Å². The molecular weight excluding hydrogens is 236 g/mol. The third-order valence-electron chi connectivity index (χ3n) is 3.08. The van der Waals surface area contributed by atoms with Gasteiger partial charge in [0.25, 0.3) is 0 Å². The van der Waals surface area contributed by atoms with Crippen LogP contribution in [0.15, 0.2) is 0 Å². The van der Waals surface area contributed by atoms with E-state index in [2.05, 4.69) is 4.74 Å². The summed E-state index contributed by atoms with van der Waals surface area (Å²) in [7, 11) is 1.34. The summed E-state index contributed by atoms with van der Waals surface area (Å²) in [6.45, 7) is 5.17. The molecule has 6 nitrogen and oxygen atoms in total. The van der Waals surface area contributed by atoms with Crippen molar-refractivity contribution in [2.45, 2.75) is 32.4 Å². The molecule has 2 atom stereocenters. The third kappa shape index (κ3) is 3.96. The molecule has 1 rings (SSSR count). The van der Waals surface area contributed by atoms with E-state index in [1.165, 1.54) is 7.11 Å². The maximum atomic E-state index is 12.1. The Morgan fingerprint density at radius 3 is 2.72 bits per heavy atom. The molecule has 1 saturated heterocycles. The molecule has 0 aromatic rings. The Bertz CT molecular complexity index is 306. The van der Waals surface area contributed by atoms with Crippen molar-refractivity contribution in [2.24, 2.45) is 11.7 Å². The minimum Gasteiger partial charge on any atom is -0.469 e.